The Balaban J connectivity index is 2.07. The number of nitrogens with zero attached hydrogens (tertiary/aromatic N) is 4. The predicted molar refractivity (Wildman–Crippen MR) is 96.9 cm³/mol. The number of aromatic nitrogens is 4. The van der Waals surface area contributed by atoms with Crippen LogP contribution >= 0.6 is 0 Å². The monoisotopic (exact) mass is 326 g/mol. The van der Waals surface area contributed by atoms with Gasteiger partial charge in [0, 0.05) is 34.2 Å². The number of fused-ring (bicyclic) bond motifs is 1. The van der Waals surface area contributed by atoms with Crippen molar-refractivity contribution in [2.24, 2.45) is 0 Å². The van der Waals surface area contributed by atoms with Crippen molar-refractivity contribution in [1.82, 2.24) is 9.38 Å². The van der Waals surface area contributed by atoms with Gasteiger partial charge in [0.2, 0.25) is 5.52 Å². The first-order valence-electron chi connectivity index (χ1n) is 8.83. The van der Waals surface area contributed by atoms with E-state index in [9.17, 15) is 0 Å². The Hall–Kier alpha value is -2.43. The SMILES string of the molecule is [B][n+]1ccc2c3c1c1nccc4c1n1c(c[n+](c31)C2)C(C)(C)C4(C)C. The molecule has 5 heteroatoms. The highest BCUT2D eigenvalue weighted by atomic mass is 15.2. The van der Waals surface area contributed by atoms with Gasteiger partial charge in [-0.25, -0.2) is 9.55 Å². The molecule has 2 radical (unpaired) electrons. The lowest BCUT2D eigenvalue weighted by Crippen LogP contribution is -2.44. The molecule has 0 saturated carbocycles. The summed E-state index contributed by atoms with van der Waals surface area (Å²) in [4.78, 5) is 4.78. The Morgan fingerprint density at radius 3 is 2.76 bits per heavy atom. The molecule has 25 heavy (non-hydrogen) atoms. The van der Waals surface area contributed by atoms with Gasteiger partial charge in [0.05, 0.1) is 0 Å². The van der Waals surface area contributed by atoms with E-state index in [-0.39, 0.29) is 10.8 Å². The first-order valence-corrected chi connectivity index (χ1v) is 8.83. The summed E-state index contributed by atoms with van der Waals surface area (Å²) in [5, 5.41) is 1.24. The molecule has 0 fully saturated rings. The molecular formula is C20H19BN4+2. The van der Waals surface area contributed by atoms with E-state index in [0.717, 1.165) is 17.6 Å². The van der Waals surface area contributed by atoms with Crippen molar-refractivity contribution in [3.8, 4) is 0 Å². The quantitative estimate of drug-likeness (QED) is 0.243. The maximum absolute atomic E-state index is 6.36. The number of pyridine rings is 3. The second kappa shape index (κ2) is 3.72. The van der Waals surface area contributed by atoms with Crippen LogP contribution in [-0.2, 0) is 17.4 Å². The molecule has 6 rings (SSSR count). The minimum Gasteiger partial charge on any atom is -0.284 e. The summed E-state index contributed by atoms with van der Waals surface area (Å²) in [6, 6.07) is 4.32. The van der Waals surface area contributed by atoms with Crippen molar-refractivity contribution >= 4 is 35.6 Å². The predicted octanol–water partition coefficient (Wildman–Crippen LogP) is 2.08. The van der Waals surface area contributed by atoms with Gasteiger partial charge in [-0.15, -0.1) is 0 Å². The largest absolute Gasteiger partial charge is 0.586 e. The van der Waals surface area contributed by atoms with Gasteiger partial charge in [-0.3, -0.25) is 4.48 Å². The van der Waals surface area contributed by atoms with E-state index in [1.165, 1.54) is 33.4 Å². The topological polar surface area (TPSA) is 25.1 Å². The molecule has 4 aromatic heterocycles. The second-order valence-corrected chi connectivity index (χ2v) is 8.58. The van der Waals surface area contributed by atoms with Gasteiger partial charge >= 0.3 is 13.6 Å². The van der Waals surface area contributed by atoms with Crippen molar-refractivity contribution in [3.05, 3.63) is 47.5 Å². The highest BCUT2D eigenvalue weighted by Gasteiger charge is 2.52. The van der Waals surface area contributed by atoms with Gasteiger partial charge in [-0.2, -0.15) is 4.40 Å². The van der Waals surface area contributed by atoms with Gasteiger partial charge in [0.1, 0.15) is 24.3 Å². The summed E-state index contributed by atoms with van der Waals surface area (Å²) in [6.45, 7) is 10.3. The summed E-state index contributed by atoms with van der Waals surface area (Å²) in [5.74, 6) is 0. The molecule has 0 amide bonds. The van der Waals surface area contributed by atoms with Gasteiger partial charge in [-0.05, 0) is 6.07 Å². The van der Waals surface area contributed by atoms with Crippen molar-refractivity contribution in [1.29, 1.82) is 0 Å². The molecule has 2 aliphatic heterocycles. The fraction of sp³-hybridized carbons (Fsp3) is 0.350. The second-order valence-electron chi connectivity index (χ2n) is 8.58. The fourth-order valence-corrected chi connectivity index (χ4v) is 4.98. The summed E-state index contributed by atoms with van der Waals surface area (Å²) in [6.07, 6.45) is 6.23. The molecule has 0 aromatic carbocycles. The van der Waals surface area contributed by atoms with E-state index >= 15 is 0 Å². The number of imidazole rings is 1. The van der Waals surface area contributed by atoms with E-state index in [0.29, 0.717) is 0 Å². The smallest absolute Gasteiger partial charge is 0.284 e. The van der Waals surface area contributed by atoms with Crippen LogP contribution in [0.5, 0.6) is 0 Å². The van der Waals surface area contributed by atoms with Gasteiger partial charge < -0.3 is 0 Å². The van der Waals surface area contributed by atoms with Crippen LogP contribution in [-0.4, -0.2) is 17.4 Å². The molecule has 0 N–H and O–H groups in total. The Kier molecular flexibility index (Phi) is 2.05. The lowest BCUT2D eigenvalue weighted by atomic mass is 9.61. The third-order valence-electron chi connectivity index (χ3n) is 7.07. The van der Waals surface area contributed by atoms with Crippen LogP contribution in [0.1, 0.15) is 44.5 Å². The molecular weight excluding hydrogens is 307 g/mol. The standard InChI is InChI=1S/C20H19BN4/c1-19(2)12-5-7-22-15-16(12)25-13(20(19,3)4)10-23-9-11-6-8-24(21)17(15)14(11)18(23)25/h5-8,10H,9H2,1-4H3/q+2. The van der Waals surface area contributed by atoms with Crippen LogP contribution in [0.2, 0.25) is 0 Å². The molecule has 0 spiro atoms. The lowest BCUT2D eigenvalue weighted by Gasteiger charge is -2.42. The Morgan fingerprint density at radius 1 is 1.16 bits per heavy atom. The number of hydrogen-bond acceptors (Lipinski definition) is 1. The molecule has 0 bridgehead atoms. The van der Waals surface area contributed by atoms with E-state index in [4.69, 9.17) is 13.0 Å². The molecule has 6 heterocycles. The average Bonchev–Trinajstić information content (AvgIpc) is 3.11. The van der Waals surface area contributed by atoms with E-state index in [1.54, 1.807) is 4.48 Å². The molecule has 4 aromatic rings. The summed E-state index contributed by atoms with van der Waals surface area (Å²) in [5.41, 5.74) is 8.54. The minimum absolute atomic E-state index is 0.00276. The molecule has 0 unspecified atom stereocenters. The lowest BCUT2D eigenvalue weighted by molar-refractivity contribution is -0.657. The molecule has 4 nitrogen and oxygen atoms in total. The summed E-state index contributed by atoms with van der Waals surface area (Å²) >= 11 is 0. The zero-order valence-electron chi connectivity index (χ0n) is 15.0. The van der Waals surface area contributed by atoms with Gasteiger partial charge in [-0.1, -0.05) is 27.7 Å². The summed E-state index contributed by atoms with van der Waals surface area (Å²) in [7, 11) is 6.36. The highest BCUT2D eigenvalue weighted by molar-refractivity contribution is 6.11. The van der Waals surface area contributed by atoms with Crippen LogP contribution in [0.15, 0.2) is 30.7 Å². The molecule has 0 saturated heterocycles. The van der Waals surface area contributed by atoms with Crippen molar-refractivity contribution in [3.63, 3.8) is 0 Å². The maximum Gasteiger partial charge on any atom is 0.586 e. The van der Waals surface area contributed by atoms with Crippen LogP contribution < -0.4 is 9.05 Å². The molecule has 2 aliphatic rings. The first kappa shape index (κ1) is 13.8. The number of rotatable bonds is 0. The number of hydrogen-bond donors (Lipinski definition) is 0. The molecule has 0 atom stereocenters. The zero-order valence-corrected chi connectivity index (χ0v) is 15.0. The van der Waals surface area contributed by atoms with Crippen molar-refractivity contribution in [2.45, 2.75) is 45.1 Å². The van der Waals surface area contributed by atoms with E-state index < -0.39 is 0 Å². The van der Waals surface area contributed by atoms with Crippen molar-refractivity contribution < 1.29 is 9.05 Å². The summed E-state index contributed by atoms with van der Waals surface area (Å²) < 4.78 is 6.56. The van der Waals surface area contributed by atoms with Crippen LogP contribution in [0.4, 0.5) is 0 Å². The van der Waals surface area contributed by atoms with Crippen molar-refractivity contribution in [2.75, 3.05) is 0 Å². The minimum atomic E-state index is -0.00276. The maximum atomic E-state index is 6.36. The fourth-order valence-electron chi connectivity index (χ4n) is 4.98. The van der Waals surface area contributed by atoms with Gasteiger partial charge in [0.15, 0.2) is 16.7 Å². The van der Waals surface area contributed by atoms with Gasteiger partial charge in [0.25, 0.3) is 0 Å². The Labute approximate surface area is 147 Å². The van der Waals surface area contributed by atoms with Crippen LogP contribution in [0.3, 0.4) is 0 Å². The highest BCUT2D eigenvalue weighted by Crippen LogP contribution is 2.50. The Bertz CT molecular complexity index is 1280. The Morgan fingerprint density at radius 2 is 1.96 bits per heavy atom. The van der Waals surface area contributed by atoms with E-state index in [1.807, 2.05) is 12.4 Å². The first-order chi connectivity index (χ1) is 11.8. The molecule has 0 aliphatic carbocycles. The third kappa shape index (κ3) is 1.24. The average molecular weight is 326 g/mol. The van der Waals surface area contributed by atoms with Crippen LogP contribution in [0, 0.1) is 0 Å². The van der Waals surface area contributed by atoms with Crippen LogP contribution in [0.25, 0.3) is 27.6 Å². The third-order valence-corrected chi connectivity index (χ3v) is 7.07. The normalized spacial score (nSPS) is 19.0. The molecule has 120 valence electrons. The van der Waals surface area contributed by atoms with E-state index in [2.05, 4.69) is 55.0 Å². The zero-order chi connectivity index (χ0) is 17.3.